The van der Waals surface area contributed by atoms with Crippen LogP contribution in [0.1, 0.15) is 26.3 Å². The molecule has 0 radical (unpaired) electrons. The van der Waals surface area contributed by atoms with Crippen molar-refractivity contribution in [2.24, 2.45) is 0 Å². The highest BCUT2D eigenvalue weighted by molar-refractivity contribution is 6.12. The fraction of sp³-hybridized carbons (Fsp3) is 0.0833. The smallest absolute Gasteiger partial charge is 0.259 e. The summed E-state index contributed by atoms with van der Waals surface area (Å²) in [6.45, 7) is -0.383. The normalized spacial score (nSPS) is 9.89. The van der Waals surface area contributed by atoms with Crippen molar-refractivity contribution >= 4 is 17.4 Å². The van der Waals surface area contributed by atoms with Crippen LogP contribution in [0.25, 0.3) is 0 Å². The summed E-state index contributed by atoms with van der Waals surface area (Å²) in [5.74, 6) is 4.90. The number of carbonyl (C=O) groups excluding carboxylic acids is 2. The van der Waals surface area contributed by atoms with Crippen LogP contribution in [0.4, 0.5) is 5.69 Å². The molecule has 4 nitrogen and oxygen atoms in total. The van der Waals surface area contributed by atoms with Crippen molar-refractivity contribution in [2.75, 3.05) is 18.1 Å². The van der Waals surface area contributed by atoms with E-state index in [1.54, 1.807) is 60.7 Å². The monoisotopic (exact) mass is 369 g/mol. The van der Waals surface area contributed by atoms with Crippen molar-refractivity contribution in [3.8, 4) is 11.8 Å². The van der Waals surface area contributed by atoms with E-state index in [0.717, 1.165) is 0 Å². The fourth-order valence-electron chi connectivity index (χ4n) is 2.81. The number of amides is 1. The second-order valence-electron chi connectivity index (χ2n) is 6.02. The first-order valence-corrected chi connectivity index (χ1v) is 8.84. The van der Waals surface area contributed by atoms with Crippen molar-refractivity contribution in [1.82, 2.24) is 0 Å². The van der Waals surface area contributed by atoms with Gasteiger partial charge in [-0.15, -0.1) is 0 Å². The van der Waals surface area contributed by atoms with E-state index in [0.29, 0.717) is 22.4 Å². The van der Waals surface area contributed by atoms with E-state index in [4.69, 9.17) is 5.11 Å². The van der Waals surface area contributed by atoms with Crippen LogP contribution >= 0.6 is 0 Å². The molecule has 0 unspecified atom stereocenters. The Hall–Kier alpha value is -3.68. The molecule has 4 heteroatoms. The average Bonchev–Trinajstić information content (AvgIpc) is 2.77. The molecule has 0 saturated carbocycles. The topological polar surface area (TPSA) is 57.6 Å². The lowest BCUT2D eigenvalue weighted by atomic mass is 10.0. The van der Waals surface area contributed by atoms with Crippen LogP contribution in [0.15, 0.2) is 84.9 Å². The Morgan fingerprint density at radius 2 is 1.43 bits per heavy atom. The Morgan fingerprint density at radius 3 is 2.11 bits per heavy atom. The number of anilines is 1. The second kappa shape index (κ2) is 9.31. The Labute approximate surface area is 164 Å². The molecule has 138 valence electrons. The van der Waals surface area contributed by atoms with Crippen molar-refractivity contribution in [2.45, 2.75) is 0 Å². The zero-order chi connectivity index (χ0) is 19.8. The first-order chi connectivity index (χ1) is 13.7. The maximum absolute atomic E-state index is 13.3. The highest BCUT2D eigenvalue weighted by Gasteiger charge is 2.23. The van der Waals surface area contributed by atoms with E-state index in [2.05, 4.69) is 11.8 Å². The summed E-state index contributed by atoms with van der Waals surface area (Å²) in [7, 11) is 0. The van der Waals surface area contributed by atoms with Gasteiger partial charge >= 0.3 is 0 Å². The van der Waals surface area contributed by atoms with Crippen molar-refractivity contribution in [3.63, 3.8) is 0 Å². The second-order valence-corrected chi connectivity index (χ2v) is 6.02. The van der Waals surface area contributed by atoms with Gasteiger partial charge in [-0.1, -0.05) is 72.5 Å². The summed E-state index contributed by atoms with van der Waals surface area (Å²) in [5.41, 5.74) is 2.06. The third-order valence-electron chi connectivity index (χ3n) is 4.17. The van der Waals surface area contributed by atoms with E-state index in [1.165, 1.54) is 4.90 Å². The zero-order valence-electron chi connectivity index (χ0n) is 15.2. The van der Waals surface area contributed by atoms with E-state index < -0.39 is 0 Å². The number of Topliss-reactive ketones (excluding diaryl/α,β-unsaturated/α-hetero) is 1. The number of aliphatic hydroxyl groups is 1. The lowest BCUT2D eigenvalue weighted by Gasteiger charge is -2.23. The summed E-state index contributed by atoms with van der Waals surface area (Å²) in [5, 5.41) is 8.98. The van der Waals surface area contributed by atoms with Crippen LogP contribution in [-0.4, -0.2) is 29.9 Å². The molecule has 3 aromatic carbocycles. The zero-order valence-corrected chi connectivity index (χ0v) is 15.2. The molecule has 0 bridgehead atoms. The van der Waals surface area contributed by atoms with Gasteiger partial charge < -0.3 is 10.0 Å². The third kappa shape index (κ3) is 4.53. The van der Waals surface area contributed by atoms with E-state index in [-0.39, 0.29) is 24.8 Å². The Balaban J connectivity index is 1.98. The number of carbonyl (C=O) groups is 2. The first kappa shape index (κ1) is 19.1. The molecule has 0 aliphatic rings. The highest BCUT2D eigenvalue weighted by atomic mass is 16.2. The van der Waals surface area contributed by atoms with Crippen LogP contribution in [0.5, 0.6) is 0 Å². The van der Waals surface area contributed by atoms with E-state index in [9.17, 15) is 9.59 Å². The van der Waals surface area contributed by atoms with Crippen LogP contribution in [0.3, 0.4) is 0 Å². The van der Waals surface area contributed by atoms with Gasteiger partial charge in [0.1, 0.15) is 6.61 Å². The van der Waals surface area contributed by atoms with E-state index in [1.807, 2.05) is 24.3 Å². The summed E-state index contributed by atoms with van der Waals surface area (Å²) in [6.07, 6.45) is 0. The molecule has 3 aromatic rings. The molecule has 0 spiro atoms. The maximum atomic E-state index is 13.3. The van der Waals surface area contributed by atoms with Gasteiger partial charge in [0.25, 0.3) is 5.91 Å². The van der Waals surface area contributed by atoms with Crippen molar-refractivity contribution in [3.05, 3.63) is 102 Å². The molecule has 1 amide bonds. The molecule has 28 heavy (non-hydrogen) atoms. The maximum Gasteiger partial charge on any atom is 0.259 e. The highest BCUT2D eigenvalue weighted by Crippen LogP contribution is 2.20. The predicted octanol–water partition coefficient (Wildman–Crippen LogP) is 3.56. The van der Waals surface area contributed by atoms with Gasteiger partial charge in [0.2, 0.25) is 0 Å². The van der Waals surface area contributed by atoms with Gasteiger partial charge in [-0.25, -0.2) is 0 Å². The molecule has 0 aliphatic heterocycles. The molecule has 3 rings (SSSR count). The SMILES string of the molecule is O=C(CN(C(=O)c1ccccc1C#CCO)c1ccccc1)c1ccccc1. The Bertz CT molecular complexity index is 1020. The minimum absolute atomic E-state index is 0.0887. The largest absolute Gasteiger partial charge is 0.384 e. The van der Waals surface area contributed by atoms with Gasteiger partial charge in [-0.05, 0) is 24.3 Å². The number of para-hydroxylation sites is 1. The van der Waals surface area contributed by atoms with Crippen molar-refractivity contribution < 1.29 is 14.7 Å². The van der Waals surface area contributed by atoms with Crippen LogP contribution in [0, 0.1) is 11.8 Å². The van der Waals surface area contributed by atoms with Gasteiger partial charge in [-0.2, -0.15) is 0 Å². The van der Waals surface area contributed by atoms with Gasteiger partial charge in [-0.3, -0.25) is 9.59 Å². The minimum atomic E-state index is -0.321. The molecule has 0 atom stereocenters. The van der Waals surface area contributed by atoms with Crippen LogP contribution in [-0.2, 0) is 0 Å². The molecule has 1 N–H and O–H groups in total. The third-order valence-corrected chi connectivity index (χ3v) is 4.17. The molecule has 0 aromatic heterocycles. The predicted molar refractivity (Wildman–Crippen MR) is 109 cm³/mol. The number of rotatable bonds is 5. The summed E-state index contributed by atoms with van der Waals surface area (Å²) < 4.78 is 0. The Kier molecular flexibility index (Phi) is 6.35. The molecule has 0 heterocycles. The summed E-state index contributed by atoms with van der Waals surface area (Å²) in [4.78, 5) is 27.6. The average molecular weight is 369 g/mol. The molecular formula is C24H19NO3. The quantitative estimate of drug-likeness (QED) is 0.553. The first-order valence-electron chi connectivity index (χ1n) is 8.84. The van der Waals surface area contributed by atoms with Crippen LogP contribution in [0.2, 0.25) is 0 Å². The van der Waals surface area contributed by atoms with Gasteiger partial charge in [0.15, 0.2) is 5.78 Å². The summed E-state index contributed by atoms with van der Waals surface area (Å²) in [6, 6.07) is 24.9. The molecule has 0 saturated heterocycles. The standard InChI is InChI=1S/C24H19NO3/c26-17-9-13-19-10-7-8-16-22(19)24(28)25(21-14-5-2-6-15-21)18-23(27)20-11-3-1-4-12-20/h1-8,10-12,14-16,26H,17-18H2. The molecular weight excluding hydrogens is 350 g/mol. The number of nitrogens with zero attached hydrogens (tertiary/aromatic N) is 1. The number of hydrogen-bond acceptors (Lipinski definition) is 3. The van der Waals surface area contributed by atoms with Crippen LogP contribution < -0.4 is 4.90 Å². The van der Waals surface area contributed by atoms with Gasteiger partial charge in [0, 0.05) is 16.8 Å². The Morgan fingerprint density at radius 1 is 0.821 bits per heavy atom. The van der Waals surface area contributed by atoms with E-state index >= 15 is 0 Å². The van der Waals surface area contributed by atoms with Crippen molar-refractivity contribution in [1.29, 1.82) is 0 Å². The minimum Gasteiger partial charge on any atom is -0.384 e. The fourth-order valence-corrected chi connectivity index (χ4v) is 2.81. The number of benzene rings is 3. The van der Waals surface area contributed by atoms with Gasteiger partial charge in [0.05, 0.1) is 12.1 Å². The molecule has 0 fully saturated rings. The summed E-state index contributed by atoms with van der Waals surface area (Å²) >= 11 is 0. The lowest BCUT2D eigenvalue weighted by Crippen LogP contribution is -2.36. The number of ketones is 1. The number of hydrogen-bond donors (Lipinski definition) is 1. The number of aliphatic hydroxyl groups excluding tert-OH is 1. The lowest BCUT2D eigenvalue weighted by molar-refractivity contribution is 0.0936. The molecule has 0 aliphatic carbocycles.